The van der Waals surface area contributed by atoms with Crippen molar-refractivity contribution in [3.8, 4) is 0 Å². The normalized spacial score (nSPS) is 19.5. The lowest BCUT2D eigenvalue weighted by Gasteiger charge is -2.32. The summed E-state index contributed by atoms with van der Waals surface area (Å²) >= 11 is 0. The number of hydrogen-bond donors (Lipinski definition) is 1. The summed E-state index contributed by atoms with van der Waals surface area (Å²) in [5, 5.41) is 2.95. The second kappa shape index (κ2) is 11.9. The number of morpholine rings is 1. The molecule has 22 heavy (non-hydrogen) atoms. The number of rotatable bonds is 11. The van der Waals surface area contributed by atoms with Crippen LogP contribution in [0.4, 0.5) is 0 Å². The first-order valence-corrected chi connectivity index (χ1v) is 8.80. The van der Waals surface area contributed by atoms with Gasteiger partial charge in [0, 0.05) is 39.2 Å². The van der Waals surface area contributed by atoms with Crippen molar-refractivity contribution in [3.05, 3.63) is 0 Å². The van der Waals surface area contributed by atoms with E-state index in [1.807, 2.05) is 6.92 Å². The second-order valence-corrected chi connectivity index (χ2v) is 6.50. The molecule has 5 heteroatoms. The summed E-state index contributed by atoms with van der Waals surface area (Å²) < 4.78 is 11.4. The summed E-state index contributed by atoms with van der Waals surface area (Å²) in [6.45, 7) is 12.3. The molecule has 1 rings (SSSR count). The molecule has 0 bridgehead atoms. The minimum Gasteiger partial charge on any atom is -0.380 e. The fourth-order valence-corrected chi connectivity index (χ4v) is 2.54. The Hall–Kier alpha value is -0.650. The largest absolute Gasteiger partial charge is 0.380 e. The Bertz CT molecular complexity index is 298. The smallest absolute Gasteiger partial charge is 0.220 e. The van der Waals surface area contributed by atoms with Crippen LogP contribution < -0.4 is 5.32 Å². The maximum atomic E-state index is 11.5. The molecule has 0 spiro atoms. The van der Waals surface area contributed by atoms with Crippen molar-refractivity contribution in [2.45, 2.75) is 52.6 Å². The quantitative estimate of drug-likeness (QED) is 0.593. The average Bonchev–Trinajstić information content (AvgIpc) is 2.49. The predicted molar refractivity (Wildman–Crippen MR) is 89.0 cm³/mol. The molecular formula is C17H34N2O3. The Balaban J connectivity index is 2.06. The van der Waals surface area contributed by atoms with Crippen molar-refractivity contribution in [2.24, 2.45) is 5.92 Å². The molecule has 0 aliphatic carbocycles. The predicted octanol–water partition coefficient (Wildman–Crippen LogP) is 2.06. The molecule has 0 aromatic rings. The highest BCUT2D eigenvalue weighted by Crippen LogP contribution is 2.06. The van der Waals surface area contributed by atoms with Gasteiger partial charge in [-0.15, -0.1) is 0 Å². The van der Waals surface area contributed by atoms with E-state index in [9.17, 15) is 4.79 Å². The molecule has 0 aromatic carbocycles. The van der Waals surface area contributed by atoms with Gasteiger partial charge in [0.15, 0.2) is 0 Å². The van der Waals surface area contributed by atoms with Gasteiger partial charge < -0.3 is 14.8 Å². The van der Waals surface area contributed by atoms with E-state index in [1.54, 1.807) is 0 Å². The van der Waals surface area contributed by atoms with Crippen molar-refractivity contribution in [2.75, 3.05) is 46.0 Å². The van der Waals surface area contributed by atoms with Gasteiger partial charge in [-0.05, 0) is 25.2 Å². The van der Waals surface area contributed by atoms with E-state index in [0.717, 1.165) is 58.2 Å². The topological polar surface area (TPSA) is 50.8 Å². The first-order chi connectivity index (χ1) is 10.6. The van der Waals surface area contributed by atoms with Crippen LogP contribution in [0, 0.1) is 5.92 Å². The minimum atomic E-state index is 0.107. The van der Waals surface area contributed by atoms with E-state index in [4.69, 9.17) is 9.47 Å². The Morgan fingerprint density at radius 2 is 2.23 bits per heavy atom. The zero-order valence-electron chi connectivity index (χ0n) is 14.6. The van der Waals surface area contributed by atoms with E-state index >= 15 is 0 Å². The first-order valence-electron chi connectivity index (χ1n) is 8.80. The SMILES string of the molecule is CCCC(=O)NCC1CN(CCOCCCC(C)C)CCO1. The molecule has 1 aliphatic rings. The molecular weight excluding hydrogens is 280 g/mol. The summed E-state index contributed by atoms with van der Waals surface area (Å²) in [7, 11) is 0. The molecule has 0 radical (unpaired) electrons. The van der Waals surface area contributed by atoms with Gasteiger partial charge in [-0.25, -0.2) is 0 Å². The summed E-state index contributed by atoms with van der Waals surface area (Å²) in [6, 6.07) is 0. The number of hydrogen-bond acceptors (Lipinski definition) is 4. The Labute approximate surface area is 135 Å². The number of nitrogens with zero attached hydrogens (tertiary/aromatic N) is 1. The fraction of sp³-hybridized carbons (Fsp3) is 0.941. The van der Waals surface area contributed by atoms with Crippen molar-refractivity contribution >= 4 is 5.91 Å². The van der Waals surface area contributed by atoms with Gasteiger partial charge >= 0.3 is 0 Å². The Morgan fingerprint density at radius 1 is 1.41 bits per heavy atom. The van der Waals surface area contributed by atoms with Crippen molar-refractivity contribution < 1.29 is 14.3 Å². The lowest BCUT2D eigenvalue weighted by Crippen LogP contribution is -2.48. The molecule has 1 heterocycles. The highest BCUT2D eigenvalue weighted by Gasteiger charge is 2.20. The molecule has 1 aliphatic heterocycles. The summed E-state index contributed by atoms with van der Waals surface area (Å²) in [5.41, 5.74) is 0. The van der Waals surface area contributed by atoms with Crippen LogP contribution in [0.1, 0.15) is 46.5 Å². The minimum absolute atomic E-state index is 0.107. The average molecular weight is 314 g/mol. The molecule has 1 unspecified atom stereocenters. The third kappa shape index (κ3) is 9.38. The lowest BCUT2D eigenvalue weighted by molar-refractivity contribution is -0.122. The summed E-state index contributed by atoms with van der Waals surface area (Å²) in [6.07, 6.45) is 3.97. The standard InChI is InChI=1S/C17H34N2O3/c1-4-6-17(20)18-13-16-14-19(9-12-22-16)8-11-21-10-5-7-15(2)3/h15-16H,4-14H2,1-3H3,(H,18,20). The van der Waals surface area contributed by atoms with Crippen molar-refractivity contribution in [1.29, 1.82) is 0 Å². The first kappa shape index (κ1) is 19.4. The van der Waals surface area contributed by atoms with Crippen LogP contribution in [0.5, 0.6) is 0 Å². The third-order valence-electron chi connectivity index (χ3n) is 3.85. The van der Waals surface area contributed by atoms with E-state index in [-0.39, 0.29) is 12.0 Å². The molecule has 1 saturated heterocycles. The van der Waals surface area contributed by atoms with E-state index < -0.39 is 0 Å². The van der Waals surface area contributed by atoms with Crippen LogP contribution >= 0.6 is 0 Å². The maximum absolute atomic E-state index is 11.5. The summed E-state index contributed by atoms with van der Waals surface area (Å²) in [4.78, 5) is 13.9. The van der Waals surface area contributed by atoms with Gasteiger partial charge in [0.05, 0.1) is 19.3 Å². The lowest BCUT2D eigenvalue weighted by atomic mass is 10.1. The monoisotopic (exact) mass is 314 g/mol. The van der Waals surface area contributed by atoms with Gasteiger partial charge in [0.2, 0.25) is 5.91 Å². The number of carbonyl (C=O) groups is 1. The van der Waals surface area contributed by atoms with Crippen molar-refractivity contribution in [1.82, 2.24) is 10.2 Å². The molecule has 1 fully saturated rings. The van der Waals surface area contributed by atoms with Crippen LogP contribution in [0.3, 0.4) is 0 Å². The van der Waals surface area contributed by atoms with Gasteiger partial charge in [0.25, 0.3) is 0 Å². The molecule has 0 saturated carbocycles. The molecule has 1 atom stereocenters. The zero-order chi connectivity index (χ0) is 16.2. The van der Waals surface area contributed by atoms with Crippen LogP contribution in [0.15, 0.2) is 0 Å². The van der Waals surface area contributed by atoms with Gasteiger partial charge in [-0.2, -0.15) is 0 Å². The van der Waals surface area contributed by atoms with Crippen molar-refractivity contribution in [3.63, 3.8) is 0 Å². The molecule has 1 N–H and O–H groups in total. The van der Waals surface area contributed by atoms with Crippen LogP contribution in [-0.2, 0) is 14.3 Å². The highest BCUT2D eigenvalue weighted by molar-refractivity contribution is 5.75. The van der Waals surface area contributed by atoms with Gasteiger partial charge in [-0.1, -0.05) is 20.8 Å². The zero-order valence-corrected chi connectivity index (χ0v) is 14.6. The fourth-order valence-electron chi connectivity index (χ4n) is 2.54. The van der Waals surface area contributed by atoms with Gasteiger partial charge in [-0.3, -0.25) is 9.69 Å². The third-order valence-corrected chi connectivity index (χ3v) is 3.85. The summed E-state index contributed by atoms with van der Waals surface area (Å²) in [5.74, 6) is 0.878. The number of ether oxygens (including phenoxy) is 2. The maximum Gasteiger partial charge on any atom is 0.220 e. The Kier molecular flexibility index (Phi) is 10.5. The number of carbonyl (C=O) groups excluding carboxylic acids is 1. The van der Waals surface area contributed by atoms with Gasteiger partial charge in [0.1, 0.15) is 0 Å². The molecule has 130 valence electrons. The molecule has 1 amide bonds. The molecule has 5 nitrogen and oxygen atoms in total. The van der Waals surface area contributed by atoms with Crippen LogP contribution in [-0.4, -0.2) is 62.9 Å². The highest BCUT2D eigenvalue weighted by atomic mass is 16.5. The van der Waals surface area contributed by atoms with Crippen LogP contribution in [0.25, 0.3) is 0 Å². The number of nitrogens with one attached hydrogen (secondary N) is 1. The van der Waals surface area contributed by atoms with E-state index in [2.05, 4.69) is 24.1 Å². The van der Waals surface area contributed by atoms with Crippen LogP contribution in [0.2, 0.25) is 0 Å². The Morgan fingerprint density at radius 3 is 2.95 bits per heavy atom. The molecule has 0 aromatic heterocycles. The van der Waals surface area contributed by atoms with E-state index in [0.29, 0.717) is 13.0 Å². The second-order valence-electron chi connectivity index (χ2n) is 6.50. The number of amides is 1. The van der Waals surface area contributed by atoms with E-state index in [1.165, 1.54) is 6.42 Å².